The number of halogens is 3. The SMILES string of the molecule is Cc1cc(CNCc2ccccn2)cc2cn(Cc3ccc(OC(F)(F)F)cc3)c(O)c12. The summed E-state index contributed by atoms with van der Waals surface area (Å²) >= 11 is 0. The predicted octanol–water partition coefficient (Wildman–Crippen LogP) is 5.29. The summed E-state index contributed by atoms with van der Waals surface area (Å²) in [5, 5.41) is 15.7. The van der Waals surface area contributed by atoms with Gasteiger partial charge in [-0.25, -0.2) is 0 Å². The van der Waals surface area contributed by atoms with E-state index in [2.05, 4.69) is 15.0 Å². The number of ether oxygens (including phenoxy) is 1. The summed E-state index contributed by atoms with van der Waals surface area (Å²) in [6.07, 6.45) is -1.12. The van der Waals surface area contributed by atoms with Gasteiger partial charge in [0.2, 0.25) is 0 Å². The molecule has 0 fully saturated rings. The maximum absolute atomic E-state index is 12.3. The molecular formula is C24H22F3N3O2. The lowest BCUT2D eigenvalue weighted by atomic mass is 10.1. The molecule has 2 aromatic carbocycles. The highest BCUT2D eigenvalue weighted by Gasteiger charge is 2.30. The fourth-order valence-corrected chi connectivity index (χ4v) is 3.72. The van der Waals surface area contributed by atoms with Crippen LogP contribution >= 0.6 is 0 Å². The molecular weight excluding hydrogens is 419 g/mol. The second-order valence-electron chi connectivity index (χ2n) is 7.57. The van der Waals surface area contributed by atoms with Crippen molar-refractivity contribution in [2.24, 2.45) is 0 Å². The molecule has 166 valence electrons. The van der Waals surface area contributed by atoms with E-state index in [9.17, 15) is 18.3 Å². The van der Waals surface area contributed by atoms with Crippen LogP contribution in [-0.2, 0) is 19.6 Å². The number of nitrogens with zero attached hydrogens (tertiary/aromatic N) is 2. The number of nitrogens with one attached hydrogen (secondary N) is 1. The number of fused-ring (bicyclic) bond motifs is 1. The lowest BCUT2D eigenvalue weighted by molar-refractivity contribution is -0.274. The van der Waals surface area contributed by atoms with Crippen molar-refractivity contribution in [3.63, 3.8) is 0 Å². The first-order valence-corrected chi connectivity index (χ1v) is 10.0. The van der Waals surface area contributed by atoms with E-state index in [0.29, 0.717) is 19.6 Å². The van der Waals surface area contributed by atoms with Crippen LogP contribution in [0.15, 0.2) is 67.0 Å². The van der Waals surface area contributed by atoms with Crippen molar-refractivity contribution in [1.82, 2.24) is 14.9 Å². The number of hydrogen-bond acceptors (Lipinski definition) is 4. The molecule has 5 nitrogen and oxygen atoms in total. The summed E-state index contributed by atoms with van der Waals surface area (Å²) < 4.78 is 42.6. The molecule has 2 aromatic heterocycles. The Labute approximate surface area is 183 Å². The van der Waals surface area contributed by atoms with Gasteiger partial charge < -0.3 is 19.7 Å². The van der Waals surface area contributed by atoms with Gasteiger partial charge in [-0.1, -0.05) is 24.3 Å². The molecule has 8 heteroatoms. The summed E-state index contributed by atoms with van der Waals surface area (Å²) in [6.45, 7) is 3.57. The first-order chi connectivity index (χ1) is 15.3. The number of aryl methyl sites for hydroxylation is 1. The van der Waals surface area contributed by atoms with Crippen molar-refractivity contribution in [2.45, 2.75) is 32.9 Å². The summed E-state index contributed by atoms with van der Waals surface area (Å²) in [5.74, 6) is -0.150. The molecule has 2 N–H and O–H groups in total. The molecule has 0 atom stereocenters. The van der Waals surface area contributed by atoms with Gasteiger partial charge in [0.05, 0.1) is 12.2 Å². The van der Waals surface area contributed by atoms with Crippen LogP contribution < -0.4 is 10.1 Å². The van der Waals surface area contributed by atoms with Gasteiger partial charge in [0.1, 0.15) is 5.75 Å². The van der Waals surface area contributed by atoms with Gasteiger partial charge in [-0.05, 0) is 53.9 Å². The lowest BCUT2D eigenvalue weighted by Crippen LogP contribution is -2.17. The first kappa shape index (κ1) is 21.7. The number of rotatable bonds is 7. The van der Waals surface area contributed by atoms with Crippen LogP contribution in [0.25, 0.3) is 10.8 Å². The van der Waals surface area contributed by atoms with Gasteiger partial charge >= 0.3 is 6.36 Å². The topological polar surface area (TPSA) is 59.3 Å². The van der Waals surface area contributed by atoms with E-state index >= 15 is 0 Å². The Morgan fingerprint density at radius 1 is 1.03 bits per heavy atom. The van der Waals surface area contributed by atoms with Crippen LogP contribution in [0, 0.1) is 6.92 Å². The highest BCUT2D eigenvalue weighted by atomic mass is 19.4. The molecule has 0 spiro atoms. The van der Waals surface area contributed by atoms with Crippen molar-refractivity contribution in [3.05, 3.63) is 89.4 Å². The quantitative estimate of drug-likeness (QED) is 0.409. The third kappa shape index (κ3) is 5.20. The van der Waals surface area contributed by atoms with Gasteiger partial charge in [0.25, 0.3) is 0 Å². The molecule has 0 bridgehead atoms. The minimum absolute atomic E-state index is 0.126. The molecule has 4 aromatic rings. The molecule has 0 radical (unpaired) electrons. The maximum Gasteiger partial charge on any atom is 0.573 e. The van der Waals surface area contributed by atoms with Crippen molar-refractivity contribution >= 4 is 10.8 Å². The van der Waals surface area contributed by atoms with E-state index in [1.165, 1.54) is 12.1 Å². The standard InChI is InChI=1S/C24H22F3N3O2/c1-16-10-18(12-28-13-20-4-2-3-9-29-20)11-19-15-30(23(31)22(16)19)14-17-5-7-21(8-6-17)32-24(25,26)27/h2-11,15,28,31H,12-14H2,1H3. The molecule has 4 rings (SSSR count). The van der Waals surface area contributed by atoms with E-state index < -0.39 is 6.36 Å². The lowest BCUT2D eigenvalue weighted by Gasteiger charge is -2.10. The molecule has 32 heavy (non-hydrogen) atoms. The average molecular weight is 441 g/mol. The van der Waals surface area contributed by atoms with E-state index in [0.717, 1.165) is 33.2 Å². The van der Waals surface area contributed by atoms with Crippen LogP contribution in [0.5, 0.6) is 11.6 Å². The second-order valence-corrected chi connectivity index (χ2v) is 7.57. The molecule has 0 saturated heterocycles. The third-order valence-corrected chi connectivity index (χ3v) is 5.09. The van der Waals surface area contributed by atoms with Crippen molar-refractivity contribution in [2.75, 3.05) is 0 Å². The number of hydrogen-bond donors (Lipinski definition) is 2. The predicted molar refractivity (Wildman–Crippen MR) is 115 cm³/mol. The largest absolute Gasteiger partial charge is 0.573 e. The molecule has 0 aliphatic heterocycles. The molecule has 0 amide bonds. The zero-order valence-corrected chi connectivity index (χ0v) is 17.4. The van der Waals surface area contributed by atoms with Gasteiger partial charge in [-0.15, -0.1) is 13.2 Å². The van der Waals surface area contributed by atoms with Gasteiger partial charge in [0.15, 0.2) is 5.88 Å². The van der Waals surface area contributed by atoms with E-state index in [1.807, 2.05) is 43.5 Å². The minimum atomic E-state index is -4.72. The smallest absolute Gasteiger partial charge is 0.494 e. The van der Waals surface area contributed by atoms with Gasteiger partial charge in [0, 0.05) is 36.3 Å². The van der Waals surface area contributed by atoms with Crippen LogP contribution in [0.3, 0.4) is 0 Å². The Bertz CT molecular complexity index is 1200. The number of alkyl halides is 3. The average Bonchev–Trinajstić information content (AvgIpc) is 3.05. The zero-order valence-electron chi connectivity index (χ0n) is 17.4. The summed E-state index contributed by atoms with van der Waals surface area (Å²) in [6, 6.07) is 15.5. The number of pyridine rings is 1. The third-order valence-electron chi connectivity index (χ3n) is 5.09. The first-order valence-electron chi connectivity index (χ1n) is 10.0. The van der Waals surface area contributed by atoms with Crippen molar-refractivity contribution in [3.8, 4) is 11.6 Å². The number of benzene rings is 2. The monoisotopic (exact) mass is 441 g/mol. The number of aromatic hydroxyl groups is 1. The van der Waals surface area contributed by atoms with E-state index in [4.69, 9.17) is 0 Å². The minimum Gasteiger partial charge on any atom is -0.494 e. The Kier molecular flexibility index (Phi) is 6.05. The Balaban J connectivity index is 1.48. The molecule has 0 aliphatic rings. The Hall–Kier alpha value is -3.52. The van der Waals surface area contributed by atoms with Gasteiger partial charge in [-0.3, -0.25) is 4.98 Å². The van der Waals surface area contributed by atoms with Crippen molar-refractivity contribution < 1.29 is 23.0 Å². The highest BCUT2D eigenvalue weighted by molar-refractivity contribution is 5.91. The maximum atomic E-state index is 12.3. The normalized spacial score (nSPS) is 11.8. The van der Waals surface area contributed by atoms with Crippen molar-refractivity contribution in [1.29, 1.82) is 0 Å². The fourth-order valence-electron chi connectivity index (χ4n) is 3.72. The highest BCUT2D eigenvalue weighted by Crippen LogP contribution is 2.32. The summed E-state index contributed by atoms with van der Waals surface area (Å²) in [7, 11) is 0. The summed E-state index contributed by atoms with van der Waals surface area (Å²) in [5.41, 5.74) is 3.73. The van der Waals surface area contributed by atoms with Crippen LogP contribution in [-0.4, -0.2) is 21.0 Å². The molecule has 0 saturated carbocycles. The number of aromatic nitrogens is 2. The fraction of sp³-hybridized carbons (Fsp3) is 0.208. The zero-order chi connectivity index (χ0) is 22.7. The Morgan fingerprint density at radius 2 is 1.81 bits per heavy atom. The second kappa shape index (κ2) is 8.92. The molecule has 0 aliphatic carbocycles. The Morgan fingerprint density at radius 3 is 2.50 bits per heavy atom. The van der Waals surface area contributed by atoms with Gasteiger partial charge in [-0.2, -0.15) is 0 Å². The molecule has 2 heterocycles. The van der Waals surface area contributed by atoms with Crippen LogP contribution in [0.1, 0.15) is 22.4 Å². The summed E-state index contributed by atoms with van der Waals surface area (Å²) in [4.78, 5) is 4.29. The van der Waals surface area contributed by atoms with Crippen LogP contribution in [0.2, 0.25) is 0 Å². The van der Waals surface area contributed by atoms with E-state index in [1.54, 1.807) is 22.9 Å². The van der Waals surface area contributed by atoms with E-state index in [-0.39, 0.29) is 11.6 Å². The molecule has 0 unspecified atom stereocenters. The van der Waals surface area contributed by atoms with Crippen LogP contribution in [0.4, 0.5) is 13.2 Å².